The molecule has 0 saturated heterocycles. The van der Waals surface area contributed by atoms with Gasteiger partial charge in [-0.15, -0.1) is 0 Å². The first-order valence-electron chi connectivity index (χ1n) is 18.2. The maximum atomic E-state index is 12.9. The first-order chi connectivity index (χ1) is 29.9. The molecule has 0 atom stereocenters. The van der Waals surface area contributed by atoms with Gasteiger partial charge in [-0.25, -0.2) is 41.5 Å². The van der Waals surface area contributed by atoms with Crippen LogP contribution >= 0.6 is 22.6 Å². The molecule has 339 valence electrons. The predicted octanol–water partition coefficient (Wildman–Crippen LogP) is 9.12. The number of benzene rings is 4. The number of aromatic nitrogens is 2. The van der Waals surface area contributed by atoms with E-state index < -0.39 is 36.5 Å². The van der Waals surface area contributed by atoms with Gasteiger partial charge in [0.2, 0.25) is 21.8 Å². The number of nitrogens with two attached hydrogens (primary N) is 1. The summed E-state index contributed by atoms with van der Waals surface area (Å²) in [7, 11) is -5.33. The molecule has 0 saturated carbocycles. The number of nitrogens with zero attached hydrogens (tertiary/aromatic N) is 4. The van der Waals surface area contributed by atoms with Gasteiger partial charge < -0.3 is 46.9 Å². The van der Waals surface area contributed by atoms with E-state index in [-0.39, 0.29) is 53.8 Å². The Bertz CT molecular complexity index is 2870. The normalized spacial score (nSPS) is 10.5. The van der Waals surface area contributed by atoms with Crippen LogP contribution in [-0.4, -0.2) is 52.6 Å². The fourth-order valence-electron chi connectivity index (χ4n) is 5.35. The molecule has 1 radical (unpaired) electrons. The van der Waals surface area contributed by atoms with Crippen LogP contribution in [0.15, 0.2) is 131 Å². The molecule has 2 aromatic heterocycles. The van der Waals surface area contributed by atoms with E-state index in [1.807, 2.05) is 100 Å². The van der Waals surface area contributed by atoms with Gasteiger partial charge in [0.15, 0.2) is 4.90 Å². The van der Waals surface area contributed by atoms with Crippen molar-refractivity contribution in [1.29, 1.82) is 10.5 Å². The van der Waals surface area contributed by atoms with Crippen molar-refractivity contribution in [1.82, 2.24) is 20.0 Å². The van der Waals surface area contributed by atoms with Crippen molar-refractivity contribution in [3.63, 3.8) is 0 Å². The summed E-state index contributed by atoms with van der Waals surface area (Å²) in [6, 6.07) is 33.9. The van der Waals surface area contributed by atoms with Crippen LogP contribution in [-0.2, 0) is 38.6 Å². The summed E-state index contributed by atoms with van der Waals surface area (Å²) in [4.78, 5) is 22.5. The Morgan fingerprint density at radius 3 is 1.43 bits per heavy atom. The Morgan fingerprint density at radius 1 is 0.662 bits per heavy atom. The first kappa shape index (κ1) is 54.9. The third kappa shape index (κ3) is 16.1. The standard InChI is InChI=1S/C24H24N4O5S.C19H15N3O4S.CH2I.CH4.V/c1-24(2,3)27-23(29)28-34(30,31)21-12-16(14-25)15-26-22(21)33-20-7-5-6-18(13-20)17-8-10-19(32-4)11-9-17;1-25-16-7-5-14(6-8-16)15-3-2-4-17(10-15)26-19-18(27(21,23)24)9-13(11-20)12-22-19;1-2;;/h5-13,15H,1-4H3,(H2,27,28,29);2-10,12H,1H3,(H2,21,23,24);1H2;1H4;/q;;-1;;. The summed E-state index contributed by atoms with van der Waals surface area (Å²) >= 11 is 1.90. The number of methoxy groups -OCH3 is 2. The van der Waals surface area contributed by atoms with Gasteiger partial charge in [0.25, 0.3) is 10.0 Å². The first-order valence-corrected chi connectivity index (χ1v) is 22.8. The zero-order valence-corrected chi connectivity index (χ0v) is 40.1. The number of carbonyl (C=O) groups excluding carboxylic acids is 1. The molecule has 20 heteroatoms. The SMILES string of the molecule is C.COc1ccc(-c2cccc(Oc3ncc(C#N)cc3S(=O)(=O)NC(=O)NC(C)(C)C)c2)cc1.COc1ccc(-c2cccc(Oc3ncc(C#N)cc3S(N)(=O)=O)c2)cc1.[CH2-]I.[V]. The van der Waals surface area contributed by atoms with Crippen molar-refractivity contribution in [2.45, 2.75) is 43.5 Å². The van der Waals surface area contributed by atoms with Crippen LogP contribution in [0.5, 0.6) is 34.8 Å². The molecule has 2 heterocycles. The van der Waals surface area contributed by atoms with Crippen LogP contribution in [0, 0.1) is 27.6 Å². The fourth-order valence-corrected chi connectivity index (χ4v) is 6.99. The topological polar surface area (TPSA) is 246 Å². The van der Waals surface area contributed by atoms with E-state index in [0.717, 1.165) is 45.9 Å². The molecule has 4 aromatic carbocycles. The third-order valence-corrected chi connectivity index (χ3v) is 10.4. The minimum atomic E-state index is -4.40. The summed E-state index contributed by atoms with van der Waals surface area (Å²) in [5.74, 6) is 1.69. The van der Waals surface area contributed by atoms with Crippen LogP contribution in [0.25, 0.3) is 22.3 Å². The van der Waals surface area contributed by atoms with E-state index in [2.05, 4.69) is 20.2 Å². The second-order valence-corrected chi connectivity index (χ2v) is 17.0. The molecule has 0 unspecified atom stereocenters. The maximum absolute atomic E-state index is 12.9. The summed E-state index contributed by atoms with van der Waals surface area (Å²) < 4.78 is 73.2. The van der Waals surface area contributed by atoms with Crippen LogP contribution in [0.2, 0.25) is 0 Å². The van der Waals surface area contributed by atoms with E-state index in [9.17, 15) is 26.9 Å². The van der Waals surface area contributed by atoms with Gasteiger partial charge in [0.05, 0.1) is 25.3 Å². The molecule has 0 aliphatic carbocycles. The average molecular weight is 1070 g/mol. The Kier molecular flexibility index (Phi) is 20.9. The number of urea groups is 1. The summed E-state index contributed by atoms with van der Waals surface area (Å²) in [5.41, 5.74) is 2.91. The Balaban J connectivity index is 0.000000427. The number of pyridine rings is 2. The number of primary sulfonamides is 1. The molecule has 6 rings (SSSR count). The van der Waals surface area contributed by atoms with Crippen molar-refractivity contribution >= 4 is 48.7 Å². The minimum Gasteiger partial charge on any atom is -0.497 e. The van der Waals surface area contributed by atoms with Crippen molar-refractivity contribution in [3.05, 3.63) is 138 Å². The van der Waals surface area contributed by atoms with Crippen LogP contribution in [0.3, 0.4) is 0 Å². The van der Waals surface area contributed by atoms with Gasteiger partial charge in [-0.3, -0.25) is 4.93 Å². The van der Waals surface area contributed by atoms with Crippen LogP contribution in [0.1, 0.15) is 39.3 Å². The van der Waals surface area contributed by atoms with E-state index in [1.165, 1.54) is 12.4 Å². The number of hydrogen-bond acceptors (Lipinski definition) is 13. The van der Waals surface area contributed by atoms with Gasteiger partial charge in [0.1, 0.15) is 40.0 Å². The second kappa shape index (κ2) is 24.8. The van der Waals surface area contributed by atoms with Crippen molar-refractivity contribution < 1.29 is 59.1 Å². The molecule has 65 heavy (non-hydrogen) atoms. The van der Waals surface area contributed by atoms with Crippen LogP contribution in [0.4, 0.5) is 4.79 Å². The molecule has 0 fully saturated rings. The van der Waals surface area contributed by atoms with Gasteiger partial charge in [-0.2, -0.15) is 10.5 Å². The smallest absolute Gasteiger partial charge is 0.329 e. The largest absolute Gasteiger partial charge is 0.497 e. The quantitative estimate of drug-likeness (QED) is 0.0810. The number of carbonyl (C=O) groups is 1. The number of hydrogen-bond donors (Lipinski definition) is 3. The number of nitriles is 2. The Hall–Kier alpha value is -6.20. The molecule has 0 spiro atoms. The number of nitrogens with one attached hydrogen (secondary N) is 2. The summed E-state index contributed by atoms with van der Waals surface area (Å²) in [5, 5.41) is 25.9. The van der Waals surface area contributed by atoms with Gasteiger partial charge in [-0.1, -0.05) is 56.0 Å². The molecule has 0 aliphatic rings. The second-order valence-electron chi connectivity index (χ2n) is 13.8. The molecule has 6 aromatic rings. The van der Waals surface area contributed by atoms with E-state index >= 15 is 0 Å². The Labute approximate surface area is 405 Å². The molecule has 4 N–H and O–H groups in total. The molecule has 0 bridgehead atoms. The minimum absolute atomic E-state index is 0. The van der Waals surface area contributed by atoms with Crippen molar-refractivity contribution in [2.24, 2.45) is 5.14 Å². The van der Waals surface area contributed by atoms with E-state index in [0.29, 0.717) is 11.5 Å². The third-order valence-electron chi connectivity index (χ3n) is 8.15. The number of sulfonamides is 2. The average Bonchev–Trinajstić information content (AvgIpc) is 3.26. The molecule has 0 aliphatic heterocycles. The number of amides is 2. The van der Waals surface area contributed by atoms with Crippen molar-refractivity contribution in [2.75, 3.05) is 14.2 Å². The molecular formula is C45H45IN7O9S2V-. The molecular weight excluding hydrogens is 1020 g/mol. The van der Waals surface area contributed by atoms with Gasteiger partial charge in [0, 0.05) is 36.5 Å². The zero-order chi connectivity index (χ0) is 46.4. The monoisotopic (exact) mass is 1070 g/mol. The molecule has 16 nitrogen and oxygen atoms in total. The fraction of sp³-hybridized carbons (Fsp3) is 0.156. The number of rotatable bonds is 11. The van der Waals surface area contributed by atoms with Crippen molar-refractivity contribution in [3.8, 4) is 69.2 Å². The molecule has 2 amide bonds. The number of ether oxygens (including phenoxy) is 4. The predicted molar refractivity (Wildman–Crippen MR) is 251 cm³/mol. The zero-order valence-electron chi connectivity index (χ0n) is 34.9. The van der Waals surface area contributed by atoms with E-state index in [4.69, 9.17) is 29.3 Å². The summed E-state index contributed by atoms with van der Waals surface area (Å²) in [6.07, 6.45) is 2.41. The maximum Gasteiger partial charge on any atom is 0.329 e. The van der Waals surface area contributed by atoms with Gasteiger partial charge >= 0.3 is 6.03 Å². The summed E-state index contributed by atoms with van der Waals surface area (Å²) in [6.45, 7) is 5.13. The van der Waals surface area contributed by atoms with Crippen LogP contribution < -0.4 is 34.1 Å². The number of halogens is 1. The van der Waals surface area contributed by atoms with E-state index in [1.54, 1.807) is 71.4 Å². The van der Waals surface area contributed by atoms with Gasteiger partial charge in [-0.05, 0) is 104 Å². The Morgan fingerprint density at radius 2 is 1.06 bits per heavy atom.